The van der Waals surface area contributed by atoms with E-state index in [4.69, 9.17) is 14.2 Å². The number of carbonyl (C=O) groups excluding carboxylic acids is 1. The van der Waals surface area contributed by atoms with Crippen molar-refractivity contribution in [2.75, 3.05) is 40.0 Å². The highest BCUT2D eigenvalue weighted by Gasteiger charge is 2.54. The standard InChI is InChI=1S/C23H29NO6S/c1-3-29-22(25)23(31(26,27)21-11-9-19(28-2)10-12-21)13-15-24(16-14-23)17-18-30-20-7-5-4-6-8-20/h4-12H,3,13-18H2,1-2H3. The second-order valence-corrected chi connectivity index (χ2v) is 9.66. The van der Waals surface area contributed by atoms with Crippen LogP contribution in [0.2, 0.25) is 0 Å². The Balaban J connectivity index is 1.72. The molecule has 0 amide bonds. The number of para-hydroxylation sites is 1. The van der Waals surface area contributed by atoms with Gasteiger partial charge >= 0.3 is 5.97 Å². The van der Waals surface area contributed by atoms with Gasteiger partial charge in [0.05, 0.1) is 18.6 Å². The van der Waals surface area contributed by atoms with Crippen molar-refractivity contribution >= 4 is 15.8 Å². The molecule has 2 aromatic carbocycles. The normalized spacial score (nSPS) is 16.5. The van der Waals surface area contributed by atoms with Gasteiger partial charge in [-0.15, -0.1) is 0 Å². The lowest BCUT2D eigenvalue weighted by Crippen LogP contribution is -2.55. The van der Waals surface area contributed by atoms with E-state index in [1.807, 2.05) is 30.3 Å². The van der Waals surface area contributed by atoms with E-state index in [1.165, 1.54) is 19.2 Å². The Morgan fingerprint density at radius 2 is 1.65 bits per heavy atom. The Hall–Kier alpha value is -2.58. The average Bonchev–Trinajstić information content (AvgIpc) is 2.80. The van der Waals surface area contributed by atoms with Gasteiger partial charge in [0.2, 0.25) is 0 Å². The van der Waals surface area contributed by atoms with Crippen LogP contribution >= 0.6 is 0 Å². The number of esters is 1. The molecule has 0 atom stereocenters. The molecule has 0 spiro atoms. The number of carbonyl (C=O) groups is 1. The van der Waals surface area contributed by atoms with Crippen molar-refractivity contribution in [3.8, 4) is 11.5 Å². The van der Waals surface area contributed by atoms with Crippen LogP contribution in [0, 0.1) is 0 Å². The highest BCUT2D eigenvalue weighted by molar-refractivity contribution is 7.93. The van der Waals surface area contributed by atoms with Crippen LogP contribution in [0.3, 0.4) is 0 Å². The number of rotatable bonds is 9. The lowest BCUT2D eigenvalue weighted by molar-refractivity contribution is -0.147. The van der Waals surface area contributed by atoms with Gasteiger partial charge in [0, 0.05) is 19.6 Å². The topological polar surface area (TPSA) is 82.1 Å². The largest absolute Gasteiger partial charge is 0.497 e. The van der Waals surface area contributed by atoms with Crippen LogP contribution in [-0.2, 0) is 19.4 Å². The van der Waals surface area contributed by atoms with Crippen LogP contribution < -0.4 is 9.47 Å². The number of likely N-dealkylation sites (tertiary alicyclic amines) is 1. The Morgan fingerprint density at radius 3 is 2.23 bits per heavy atom. The van der Waals surface area contributed by atoms with Crippen molar-refractivity contribution in [3.05, 3.63) is 54.6 Å². The second kappa shape index (κ2) is 10.2. The molecule has 0 saturated carbocycles. The molecule has 1 heterocycles. The fourth-order valence-electron chi connectivity index (χ4n) is 3.77. The highest BCUT2D eigenvalue weighted by atomic mass is 32.2. The molecule has 2 aromatic rings. The van der Waals surface area contributed by atoms with Gasteiger partial charge in [-0.25, -0.2) is 8.42 Å². The summed E-state index contributed by atoms with van der Waals surface area (Å²) in [5.41, 5.74) is 0. The van der Waals surface area contributed by atoms with Gasteiger partial charge in [0.15, 0.2) is 14.6 Å². The van der Waals surface area contributed by atoms with E-state index in [1.54, 1.807) is 19.1 Å². The lowest BCUT2D eigenvalue weighted by atomic mass is 9.95. The van der Waals surface area contributed by atoms with Crippen molar-refractivity contribution in [2.45, 2.75) is 29.4 Å². The highest BCUT2D eigenvalue weighted by Crippen LogP contribution is 2.37. The van der Waals surface area contributed by atoms with Crippen molar-refractivity contribution in [3.63, 3.8) is 0 Å². The summed E-state index contributed by atoms with van der Waals surface area (Å²) in [5.74, 6) is 0.672. The third-order valence-corrected chi connectivity index (χ3v) is 8.11. The van der Waals surface area contributed by atoms with Crippen molar-refractivity contribution in [2.24, 2.45) is 0 Å². The van der Waals surface area contributed by atoms with Gasteiger partial charge in [0.1, 0.15) is 18.1 Å². The zero-order chi connectivity index (χ0) is 22.3. The van der Waals surface area contributed by atoms with Crippen molar-refractivity contribution < 1.29 is 27.4 Å². The molecule has 0 N–H and O–H groups in total. The first-order valence-electron chi connectivity index (χ1n) is 10.4. The summed E-state index contributed by atoms with van der Waals surface area (Å²) in [6, 6.07) is 15.7. The van der Waals surface area contributed by atoms with E-state index in [9.17, 15) is 13.2 Å². The van der Waals surface area contributed by atoms with Crippen LogP contribution in [0.4, 0.5) is 0 Å². The maximum Gasteiger partial charge on any atom is 0.327 e. The molecular weight excluding hydrogens is 418 g/mol. The van der Waals surface area contributed by atoms with Crippen LogP contribution in [0.1, 0.15) is 19.8 Å². The summed E-state index contributed by atoms with van der Waals surface area (Å²) >= 11 is 0. The number of ether oxygens (including phenoxy) is 3. The minimum Gasteiger partial charge on any atom is -0.497 e. The monoisotopic (exact) mass is 447 g/mol. The molecule has 8 heteroatoms. The summed E-state index contributed by atoms with van der Waals surface area (Å²) < 4.78 is 41.6. The Labute approximate surface area is 183 Å². The van der Waals surface area contributed by atoms with Gasteiger partial charge < -0.3 is 14.2 Å². The number of sulfone groups is 1. The third-order valence-electron chi connectivity index (χ3n) is 5.61. The number of benzene rings is 2. The van der Waals surface area contributed by atoms with Crippen molar-refractivity contribution in [1.82, 2.24) is 4.90 Å². The Kier molecular flexibility index (Phi) is 7.56. The second-order valence-electron chi connectivity index (χ2n) is 7.40. The molecule has 0 aromatic heterocycles. The smallest absolute Gasteiger partial charge is 0.327 e. The van der Waals surface area contributed by atoms with E-state index in [0.29, 0.717) is 32.0 Å². The first-order chi connectivity index (χ1) is 14.9. The predicted molar refractivity (Wildman–Crippen MR) is 117 cm³/mol. The van der Waals surface area contributed by atoms with Gasteiger partial charge in [-0.1, -0.05) is 18.2 Å². The summed E-state index contributed by atoms with van der Waals surface area (Å²) in [6.45, 7) is 3.88. The fraction of sp³-hybridized carbons (Fsp3) is 0.435. The van der Waals surface area contributed by atoms with E-state index in [-0.39, 0.29) is 24.3 Å². The number of methoxy groups -OCH3 is 1. The molecule has 168 valence electrons. The average molecular weight is 448 g/mol. The summed E-state index contributed by atoms with van der Waals surface area (Å²) in [7, 11) is -2.43. The molecule has 1 fully saturated rings. The van der Waals surface area contributed by atoms with Crippen LogP contribution in [-0.4, -0.2) is 64.0 Å². The number of nitrogens with zero attached hydrogens (tertiary/aromatic N) is 1. The maximum absolute atomic E-state index is 13.5. The molecule has 0 aliphatic carbocycles. The first kappa shape index (κ1) is 23.1. The minimum absolute atomic E-state index is 0.0993. The van der Waals surface area contributed by atoms with Crippen LogP contribution in [0.15, 0.2) is 59.5 Å². The van der Waals surface area contributed by atoms with Crippen LogP contribution in [0.25, 0.3) is 0 Å². The molecule has 1 saturated heterocycles. The van der Waals surface area contributed by atoms with Crippen LogP contribution in [0.5, 0.6) is 11.5 Å². The molecule has 1 aliphatic rings. The number of hydrogen-bond acceptors (Lipinski definition) is 7. The minimum atomic E-state index is -3.94. The Morgan fingerprint density at radius 1 is 1.00 bits per heavy atom. The van der Waals surface area contributed by atoms with Gasteiger partial charge in [-0.05, 0) is 56.2 Å². The van der Waals surface area contributed by atoms with Gasteiger partial charge in [-0.2, -0.15) is 0 Å². The SMILES string of the molecule is CCOC(=O)C1(S(=O)(=O)c2ccc(OC)cc2)CCN(CCOc2ccccc2)CC1. The zero-order valence-electron chi connectivity index (χ0n) is 18.0. The summed E-state index contributed by atoms with van der Waals surface area (Å²) in [5, 5.41) is 0. The third kappa shape index (κ3) is 5.02. The van der Waals surface area contributed by atoms with Crippen molar-refractivity contribution in [1.29, 1.82) is 0 Å². The molecule has 0 radical (unpaired) electrons. The summed E-state index contributed by atoms with van der Waals surface area (Å²) in [4.78, 5) is 15.1. The fourth-order valence-corrected chi connectivity index (χ4v) is 5.72. The lowest BCUT2D eigenvalue weighted by Gasteiger charge is -2.39. The maximum atomic E-state index is 13.5. The molecule has 1 aliphatic heterocycles. The molecule has 0 unspecified atom stereocenters. The molecule has 7 nitrogen and oxygen atoms in total. The first-order valence-corrected chi connectivity index (χ1v) is 11.9. The summed E-state index contributed by atoms with van der Waals surface area (Å²) in [6.07, 6.45) is 0.344. The molecule has 0 bridgehead atoms. The quantitative estimate of drug-likeness (QED) is 0.547. The van der Waals surface area contributed by atoms with E-state index in [0.717, 1.165) is 5.75 Å². The Bertz CT molecular complexity index is 951. The van der Waals surface area contributed by atoms with E-state index in [2.05, 4.69) is 4.90 Å². The molecule has 31 heavy (non-hydrogen) atoms. The zero-order valence-corrected chi connectivity index (χ0v) is 18.8. The molecule has 3 rings (SSSR count). The number of piperidine rings is 1. The number of hydrogen-bond donors (Lipinski definition) is 0. The van der Waals surface area contributed by atoms with Gasteiger partial charge in [0.25, 0.3) is 0 Å². The van der Waals surface area contributed by atoms with Gasteiger partial charge in [-0.3, -0.25) is 9.69 Å². The molecular formula is C23H29NO6S. The predicted octanol–water partition coefficient (Wildman–Crippen LogP) is 2.95. The van der Waals surface area contributed by atoms with E-state index < -0.39 is 20.6 Å². The van der Waals surface area contributed by atoms with E-state index >= 15 is 0 Å².